The first-order valence-electron chi connectivity index (χ1n) is 10.8. The molecule has 1 atom stereocenters. The summed E-state index contributed by atoms with van der Waals surface area (Å²) in [5.74, 6) is -0.157. The fourth-order valence-corrected chi connectivity index (χ4v) is 4.13. The number of rotatable bonds is 8. The third-order valence-electron chi connectivity index (χ3n) is 6.50. The Morgan fingerprint density at radius 3 is 2.66 bits per heavy atom. The van der Waals surface area contributed by atoms with Crippen LogP contribution in [0.1, 0.15) is 63.3 Å². The molecule has 1 aromatic carbocycles. The van der Waals surface area contributed by atoms with E-state index in [9.17, 15) is 4.39 Å². The molecule has 1 aliphatic rings. The van der Waals surface area contributed by atoms with Gasteiger partial charge in [-0.15, -0.1) is 0 Å². The van der Waals surface area contributed by atoms with Gasteiger partial charge in [0.2, 0.25) is 0 Å². The molecule has 1 heterocycles. The van der Waals surface area contributed by atoms with Gasteiger partial charge in [0.15, 0.2) is 0 Å². The molecule has 2 nitrogen and oxygen atoms in total. The van der Waals surface area contributed by atoms with E-state index < -0.39 is 0 Å². The zero-order chi connectivity index (χ0) is 21.2. The summed E-state index contributed by atoms with van der Waals surface area (Å²) in [7, 11) is 0. The highest BCUT2D eigenvalue weighted by Crippen LogP contribution is 2.51. The smallest absolute Gasteiger partial charge is 0.147 e. The van der Waals surface area contributed by atoms with Crippen molar-refractivity contribution in [3.05, 3.63) is 70.2 Å². The topological polar surface area (TPSA) is 41.8 Å². The van der Waals surface area contributed by atoms with Crippen LogP contribution in [0.4, 0.5) is 4.39 Å². The molecular formula is C26H35FN2. The molecule has 156 valence electrons. The van der Waals surface area contributed by atoms with Crippen LogP contribution in [0.5, 0.6) is 0 Å². The molecule has 0 saturated heterocycles. The van der Waals surface area contributed by atoms with Crippen LogP contribution in [0.15, 0.2) is 47.6 Å². The maximum absolute atomic E-state index is 14.2. The van der Waals surface area contributed by atoms with E-state index in [4.69, 9.17) is 5.73 Å². The zero-order valence-electron chi connectivity index (χ0n) is 18.5. The van der Waals surface area contributed by atoms with Crippen LogP contribution in [0.3, 0.4) is 0 Å². The Balaban J connectivity index is 1.67. The third kappa shape index (κ3) is 4.90. The van der Waals surface area contributed by atoms with Crippen molar-refractivity contribution in [2.24, 2.45) is 11.1 Å². The lowest BCUT2D eigenvalue weighted by Gasteiger charge is -2.11. The van der Waals surface area contributed by atoms with Gasteiger partial charge in [-0.05, 0) is 94.9 Å². The van der Waals surface area contributed by atoms with Gasteiger partial charge in [0.05, 0.1) is 5.52 Å². The van der Waals surface area contributed by atoms with E-state index in [2.05, 4.69) is 57.0 Å². The number of hydrogen-bond acceptors (Lipinski definition) is 1. The fraction of sp³-hybridized carbons (Fsp3) is 0.462. The fourth-order valence-electron chi connectivity index (χ4n) is 4.13. The van der Waals surface area contributed by atoms with Crippen LogP contribution in [-0.2, 0) is 6.42 Å². The van der Waals surface area contributed by atoms with Gasteiger partial charge in [0.25, 0.3) is 0 Å². The second-order valence-corrected chi connectivity index (χ2v) is 8.86. The van der Waals surface area contributed by atoms with Crippen molar-refractivity contribution in [1.29, 1.82) is 0 Å². The number of allylic oxidation sites excluding steroid dienone is 5. The minimum Gasteiger partial charge on any atom is -0.356 e. The Morgan fingerprint density at radius 1 is 1.31 bits per heavy atom. The minimum absolute atomic E-state index is 0.0842. The maximum Gasteiger partial charge on any atom is 0.147 e. The Labute approximate surface area is 174 Å². The molecular weight excluding hydrogens is 359 g/mol. The number of hydrogen-bond donors (Lipinski definition) is 2. The van der Waals surface area contributed by atoms with Crippen LogP contribution >= 0.6 is 0 Å². The van der Waals surface area contributed by atoms with E-state index in [1.54, 1.807) is 6.07 Å². The summed E-state index contributed by atoms with van der Waals surface area (Å²) in [5, 5.41) is 1.08. The molecule has 1 fully saturated rings. The molecule has 3 rings (SSSR count). The molecule has 0 radical (unpaired) electrons. The van der Waals surface area contributed by atoms with Crippen LogP contribution in [0.2, 0.25) is 0 Å². The molecule has 1 saturated carbocycles. The van der Waals surface area contributed by atoms with Gasteiger partial charge in [-0.3, -0.25) is 0 Å². The third-order valence-corrected chi connectivity index (χ3v) is 6.50. The average Bonchev–Trinajstić information content (AvgIpc) is 3.37. The van der Waals surface area contributed by atoms with Gasteiger partial charge in [0.1, 0.15) is 5.82 Å². The summed E-state index contributed by atoms with van der Waals surface area (Å²) < 4.78 is 14.2. The first kappa shape index (κ1) is 21.6. The summed E-state index contributed by atoms with van der Waals surface area (Å²) in [4.78, 5) is 3.26. The number of H-pyrrole nitrogens is 1. The lowest BCUT2D eigenvalue weighted by molar-refractivity contribution is 0.551. The number of benzene rings is 1. The minimum atomic E-state index is -0.157. The van der Waals surface area contributed by atoms with Crippen LogP contribution in [0.25, 0.3) is 10.9 Å². The van der Waals surface area contributed by atoms with Crippen molar-refractivity contribution >= 4 is 10.9 Å². The molecule has 3 N–H and O–H groups in total. The van der Waals surface area contributed by atoms with Gasteiger partial charge in [-0.2, -0.15) is 0 Å². The lowest BCUT2D eigenvalue weighted by Crippen LogP contribution is -2.15. The molecule has 1 aliphatic carbocycles. The Bertz CT molecular complexity index is 968. The summed E-state index contributed by atoms with van der Waals surface area (Å²) in [5.41, 5.74) is 12.9. The molecule has 0 aliphatic heterocycles. The predicted octanol–water partition coefficient (Wildman–Crippen LogP) is 6.82. The van der Waals surface area contributed by atoms with E-state index in [-0.39, 0.29) is 11.9 Å². The van der Waals surface area contributed by atoms with Crippen molar-refractivity contribution < 1.29 is 4.39 Å². The lowest BCUT2D eigenvalue weighted by atomic mass is 9.94. The van der Waals surface area contributed by atoms with E-state index in [1.807, 2.05) is 13.0 Å². The van der Waals surface area contributed by atoms with Crippen LogP contribution < -0.4 is 5.73 Å². The largest absolute Gasteiger partial charge is 0.356 e. The van der Waals surface area contributed by atoms with Gasteiger partial charge < -0.3 is 10.7 Å². The molecule has 0 spiro atoms. The highest BCUT2D eigenvalue weighted by Gasteiger charge is 2.39. The molecule has 2 aromatic rings. The second-order valence-electron chi connectivity index (χ2n) is 8.86. The quantitative estimate of drug-likeness (QED) is 0.474. The van der Waals surface area contributed by atoms with Crippen molar-refractivity contribution in [3.63, 3.8) is 0 Å². The van der Waals surface area contributed by atoms with Gasteiger partial charge in [-0.25, -0.2) is 4.39 Å². The van der Waals surface area contributed by atoms with Crippen molar-refractivity contribution in [1.82, 2.24) is 4.98 Å². The summed E-state index contributed by atoms with van der Waals surface area (Å²) in [6.45, 7) is 10.3. The Kier molecular flexibility index (Phi) is 6.48. The number of aromatic nitrogens is 1. The first-order chi connectivity index (χ1) is 13.8. The van der Waals surface area contributed by atoms with E-state index in [0.29, 0.717) is 10.9 Å². The Morgan fingerprint density at radius 2 is 2.03 bits per heavy atom. The normalized spacial score (nSPS) is 18.0. The number of nitrogens with one attached hydrogen (secondary N) is 1. The summed E-state index contributed by atoms with van der Waals surface area (Å²) >= 11 is 0. The summed E-state index contributed by atoms with van der Waals surface area (Å²) in [6.07, 6.45) is 14.8. The highest BCUT2D eigenvalue weighted by molar-refractivity contribution is 5.88. The first-order valence-corrected chi connectivity index (χ1v) is 10.8. The van der Waals surface area contributed by atoms with Crippen molar-refractivity contribution in [2.45, 2.75) is 72.8 Å². The standard InChI is InChI=1S/C26H35FN2/c1-6-21(16-18(3)19(4)28)11-13-26(14-15-26)12-7-8-22-20(5)29-25-23(27)10-9-17(2)24(22)25/h6,9-11,13,16,19,29H,7-8,12,14-15,28H2,1-5H3/b13-11+,18-16-,21-6-. The predicted molar refractivity (Wildman–Crippen MR) is 123 cm³/mol. The number of nitrogens with two attached hydrogens (primary N) is 1. The number of aryl methyl sites for hydroxylation is 3. The van der Waals surface area contributed by atoms with Crippen LogP contribution in [0, 0.1) is 25.1 Å². The molecule has 0 bridgehead atoms. The van der Waals surface area contributed by atoms with Gasteiger partial charge in [0, 0.05) is 17.1 Å². The SMILES string of the molecule is C/C=C(\C=C(\C)C(C)N)/C=C/C1(CCCc2c(C)[nH]c3c(F)ccc(C)c23)CC1. The zero-order valence-corrected chi connectivity index (χ0v) is 18.5. The van der Waals surface area contributed by atoms with Gasteiger partial charge >= 0.3 is 0 Å². The summed E-state index contributed by atoms with van der Waals surface area (Å²) in [6, 6.07) is 3.53. The average molecular weight is 395 g/mol. The van der Waals surface area contributed by atoms with Crippen molar-refractivity contribution in [2.75, 3.05) is 0 Å². The van der Waals surface area contributed by atoms with E-state index in [0.717, 1.165) is 29.5 Å². The van der Waals surface area contributed by atoms with Gasteiger partial charge in [-0.1, -0.05) is 35.9 Å². The molecule has 29 heavy (non-hydrogen) atoms. The molecule has 3 heteroatoms. The van der Waals surface area contributed by atoms with Crippen LogP contribution in [-0.4, -0.2) is 11.0 Å². The Hall–Kier alpha value is -2.13. The second kappa shape index (κ2) is 8.71. The molecule has 0 amide bonds. The van der Waals surface area contributed by atoms with E-state index >= 15 is 0 Å². The monoisotopic (exact) mass is 394 g/mol. The number of aromatic amines is 1. The maximum atomic E-state index is 14.2. The van der Waals surface area contributed by atoms with Crippen molar-refractivity contribution in [3.8, 4) is 0 Å². The highest BCUT2D eigenvalue weighted by atomic mass is 19.1. The van der Waals surface area contributed by atoms with E-state index in [1.165, 1.54) is 36.0 Å². The number of fused-ring (bicyclic) bond motifs is 1. The molecule has 1 unspecified atom stereocenters. The molecule has 1 aromatic heterocycles. The number of halogens is 1.